The predicted molar refractivity (Wildman–Crippen MR) is 76.8 cm³/mol. The molecular weight excluding hydrogens is 309 g/mol. The van der Waals surface area contributed by atoms with Crippen LogP contribution in [0, 0.1) is 0 Å². The summed E-state index contributed by atoms with van der Waals surface area (Å²) in [5.41, 5.74) is 0.972. The number of alkyl halides is 3. The van der Waals surface area contributed by atoms with Crippen LogP contribution in [0.5, 0.6) is 0 Å². The van der Waals surface area contributed by atoms with E-state index in [2.05, 4.69) is 20.3 Å². The van der Waals surface area contributed by atoms with Crippen molar-refractivity contribution in [3.63, 3.8) is 0 Å². The van der Waals surface area contributed by atoms with Crippen LogP contribution in [-0.4, -0.2) is 31.8 Å². The minimum atomic E-state index is -4.61. The van der Waals surface area contributed by atoms with Gasteiger partial charge in [0, 0.05) is 19.4 Å². The maximum absolute atomic E-state index is 12.9. The Morgan fingerprint density at radius 2 is 1.96 bits per heavy atom. The van der Waals surface area contributed by atoms with Gasteiger partial charge in [0.25, 0.3) is 5.82 Å². The molecule has 0 aliphatic heterocycles. The average molecular weight is 322 g/mol. The lowest BCUT2D eigenvalue weighted by Crippen LogP contribution is -2.24. The van der Waals surface area contributed by atoms with E-state index in [1.54, 1.807) is 36.5 Å². The summed E-state index contributed by atoms with van der Waals surface area (Å²) in [6, 6.07) is 6.65. The highest BCUT2D eigenvalue weighted by atomic mass is 19.4. The summed E-state index contributed by atoms with van der Waals surface area (Å²) in [6.07, 6.45) is -1.24. The fourth-order valence-corrected chi connectivity index (χ4v) is 2.19. The van der Waals surface area contributed by atoms with Crippen LogP contribution in [0.1, 0.15) is 24.4 Å². The van der Waals surface area contributed by atoms with Crippen LogP contribution in [0.25, 0.3) is 5.65 Å². The Balaban J connectivity index is 1.99. The Labute approximate surface area is 129 Å². The molecule has 0 N–H and O–H groups in total. The second-order valence-electron chi connectivity index (χ2n) is 5.06. The lowest BCUT2D eigenvalue weighted by molar-refractivity contribution is -0.146. The van der Waals surface area contributed by atoms with Crippen molar-refractivity contribution < 1.29 is 13.2 Å². The number of nitrogens with zero attached hydrogens (tertiary/aromatic N) is 6. The van der Waals surface area contributed by atoms with Gasteiger partial charge in [-0.05, 0) is 30.7 Å². The van der Waals surface area contributed by atoms with E-state index >= 15 is 0 Å². The number of rotatable bonds is 3. The summed E-state index contributed by atoms with van der Waals surface area (Å²) < 4.78 is 39.5. The monoisotopic (exact) mass is 322 g/mol. The summed E-state index contributed by atoms with van der Waals surface area (Å²) in [5, 5.41) is 10.7. The third-order valence-electron chi connectivity index (χ3n) is 3.61. The first-order valence-electron chi connectivity index (χ1n) is 6.80. The lowest BCUT2D eigenvalue weighted by Gasteiger charge is -2.25. The van der Waals surface area contributed by atoms with Gasteiger partial charge < -0.3 is 4.90 Å². The summed E-state index contributed by atoms with van der Waals surface area (Å²) >= 11 is 0. The molecule has 0 aliphatic rings. The van der Waals surface area contributed by atoms with Crippen LogP contribution in [0.2, 0.25) is 0 Å². The minimum Gasteiger partial charge on any atom is -0.351 e. The molecule has 6 nitrogen and oxygen atoms in total. The SMILES string of the molecule is CC(c1cccnc1)N(C)c1ccc2nnc(C(F)(F)F)n2n1. The highest BCUT2D eigenvalue weighted by molar-refractivity contribution is 5.47. The largest absolute Gasteiger partial charge is 0.453 e. The van der Waals surface area contributed by atoms with Gasteiger partial charge in [0.2, 0.25) is 0 Å². The Kier molecular flexibility index (Phi) is 3.63. The Hall–Kier alpha value is -2.71. The highest BCUT2D eigenvalue weighted by Gasteiger charge is 2.37. The van der Waals surface area contributed by atoms with Gasteiger partial charge >= 0.3 is 6.18 Å². The highest BCUT2D eigenvalue weighted by Crippen LogP contribution is 2.29. The molecule has 120 valence electrons. The van der Waals surface area contributed by atoms with Crippen molar-refractivity contribution in [3.05, 3.63) is 48.0 Å². The number of hydrogen-bond donors (Lipinski definition) is 0. The third-order valence-corrected chi connectivity index (χ3v) is 3.61. The van der Waals surface area contributed by atoms with Crippen LogP contribution in [-0.2, 0) is 6.18 Å². The maximum Gasteiger partial charge on any atom is 0.453 e. The Morgan fingerprint density at radius 1 is 1.17 bits per heavy atom. The van der Waals surface area contributed by atoms with E-state index in [1.807, 2.05) is 13.0 Å². The molecule has 0 saturated heterocycles. The number of hydrogen-bond acceptors (Lipinski definition) is 5. The van der Waals surface area contributed by atoms with Crippen molar-refractivity contribution in [2.24, 2.45) is 0 Å². The average Bonchev–Trinajstić information content (AvgIpc) is 2.97. The molecule has 0 saturated carbocycles. The smallest absolute Gasteiger partial charge is 0.351 e. The Morgan fingerprint density at radius 3 is 2.61 bits per heavy atom. The molecule has 0 bridgehead atoms. The summed E-state index contributed by atoms with van der Waals surface area (Å²) in [6.45, 7) is 1.92. The van der Waals surface area contributed by atoms with E-state index in [-0.39, 0.29) is 11.7 Å². The fraction of sp³-hybridized carbons (Fsp3) is 0.286. The molecule has 1 unspecified atom stereocenters. The van der Waals surface area contributed by atoms with Crippen LogP contribution >= 0.6 is 0 Å². The normalized spacial score (nSPS) is 13.3. The standard InChI is InChI=1S/C14H13F3N6/c1-9(10-4-3-7-18-8-10)22(2)12-6-5-11-19-20-13(14(15,16)17)23(11)21-12/h3-9H,1-2H3. The van der Waals surface area contributed by atoms with Gasteiger partial charge in [0.1, 0.15) is 5.82 Å². The summed E-state index contributed by atoms with van der Waals surface area (Å²) in [5.74, 6) is -0.768. The molecular formula is C14H13F3N6. The molecule has 1 atom stereocenters. The summed E-state index contributed by atoms with van der Waals surface area (Å²) in [7, 11) is 1.75. The zero-order valence-electron chi connectivity index (χ0n) is 12.4. The lowest BCUT2D eigenvalue weighted by atomic mass is 10.1. The van der Waals surface area contributed by atoms with Crippen LogP contribution in [0.15, 0.2) is 36.7 Å². The minimum absolute atomic E-state index is 0.0449. The third kappa shape index (κ3) is 2.81. The molecule has 3 aromatic heterocycles. The van der Waals surface area contributed by atoms with Gasteiger partial charge in [-0.2, -0.15) is 17.7 Å². The number of fused-ring (bicyclic) bond motifs is 1. The molecule has 0 aromatic carbocycles. The first-order valence-corrected chi connectivity index (χ1v) is 6.80. The molecule has 3 aromatic rings. The van der Waals surface area contributed by atoms with Crippen molar-refractivity contribution in [1.29, 1.82) is 0 Å². The van der Waals surface area contributed by atoms with Gasteiger partial charge in [-0.25, -0.2) is 0 Å². The number of aromatic nitrogens is 5. The second kappa shape index (κ2) is 5.49. The van der Waals surface area contributed by atoms with Crippen LogP contribution < -0.4 is 4.90 Å². The van der Waals surface area contributed by atoms with E-state index in [1.165, 1.54) is 6.07 Å². The molecule has 23 heavy (non-hydrogen) atoms. The zero-order chi connectivity index (χ0) is 16.6. The number of anilines is 1. The summed E-state index contributed by atoms with van der Waals surface area (Å²) in [4.78, 5) is 5.81. The topological polar surface area (TPSA) is 59.2 Å². The van der Waals surface area contributed by atoms with E-state index in [4.69, 9.17) is 0 Å². The molecule has 0 aliphatic carbocycles. The van der Waals surface area contributed by atoms with Crippen molar-refractivity contribution >= 4 is 11.5 Å². The van der Waals surface area contributed by atoms with Gasteiger partial charge in [-0.3, -0.25) is 4.98 Å². The molecule has 9 heteroatoms. The van der Waals surface area contributed by atoms with E-state index in [9.17, 15) is 13.2 Å². The van der Waals surface area contributed by atoms with Crippen molar-refractivity contribution in [1.82, 2.24) is 24.8 Å². The van der Waals surface area contributed by atoms with E-state index in [0.717, 1.165) is 5.56 Å². The van der Waals surface area contributed by atoms with Crippen molar-refractivity contribution in [3.8, 4) is 0 Å². The quantitative estimate of drug-likeness (QED) is 0.742. The van der Waals surface area contributed by atoms with Crippen LogP contribution in [0.3, 0.4) is 0 Å². The first-order chi connectivity index (χ1) is 10.9. The molecule has 3 heterocycles. The fourth-order valence-electron chi connectivity index (χ4n) is 2.19. The maximum atomic E-state index is 12.9. The van der Waals surface area contributed by atoms with Gasteiger partial charge in [0.05, 0.1) is 6.04 Å². The van der Waals surface area contributed by atoms with E-state index < -0.39 is 12.0 Å². The second-order valence-corrected chi connectivity index (χ2v) is 5.06. The van der Waals surface area contributed by atoms with Gasteiger partial charge in [-0.15, -0.1) is 15.3 Å². The predicted octanol–water partition coefficient (Wildman–Crippen LogP) is 2.74. The molecule has 0 radical (unpaired) electrons. The Bertz CT molecular complexity index is 814. The van der Waals surface area contributed by atoms with Crippen molar-refractivity contribution in [2.45, 2.75) is 19.1 Å². The van der Waals surface area contributed by atoms with Crippen molar-refractivity contribution in [2.75, 3.05) is 11.9 Å². The zero-order valence-corrected chi connectivity index (χ0v) is 12.4. The van der Waals surface area contributed by atoms with Gasteiger partial charge in [-0.1, -0.05) is 6.07 Å². The molecule has 3 rings (SSSR count). The number of pyridine rings is 1. The molecule has 0 spiro atoms. The van der Waals surface area contributed by atoms with Gasteiger partial charge in [0.15, 0.2) is 5.65 Å². The molecule has 0 amide bonds. The number of halogens is 3. The first kappa shape index (κ1) is 15.2. The van der Waals surface area contributed by atoms with E-state index in [0.29, 0.717) is 10.3 Å². The van der Waals surface area contributed by atoms with Crippen LogP contribution in [0.4, 0.5) is 19.0 Å². The molecule has 0 fully saturated rings.